The fourth-order valence-corrected chi connectivity index (χ4v) is 2.60. The minimum atomic E-state index is -0.110. The summed E-state index contributed by atoms with van der Waals surface area (Å²) >= 11 is 0. The van der Waals surface area contributed by atoms with Crippen LogP contribution in [0, 0.1) is 34.0 Å². The van der Waals surface area contributed by atoms with Gasteiger partial charge in [-0.25, -0.2) is 9.97 Å². The first-order valence-corrected chi connectivity index (χ1v) is 6.71. The number of hydrogen-bond donors (Lipinski definition) is 1. The van der Waals surface area contributed by atoms with Crippen LogP contribution in [0.3, 0.4) is 0 Å². The minimum absolute atomic E-state index is 0.00702. The fourth-order valence-electron chi connectivity index (χ4n) is 2.60. The highest BCUT2D eigenvalue weighted by molar-refractivity contribution is 5.86. The number of nitrogens with zero attached hydrogens (tertiary/aromatic N) is 6. The zero-order valence-corrected chi connectivity index (χ0v) is 11.6. The molecule has 1 fully saturated rings. The van der Waals surface area contributed by atoms with Crippen molar-refractivity contribution >= 4 is 17.0 Å². The Hall–Kier alpha value is -3.15. The molecule has 1 atom stereocenters. The van der Waals surface area contributed by atoms with Crippen molar-refractivity contribution in [3.8, 4) is 18.2 Å². The molecule has 1 saturated heterocycles. The lowest BCUT2D eigenvalue weighted by atomic mass is 10.2. The number of ether oxygens (including phenoxy) is 1. The van der Waals surface area contributed by atoms with Crippen molar-refractivity contribution in [2.24, 2.45) is 0 Å². The lowest BCUT2D eigenvalue weighted by Gasteiger charge is -2.12. The van der Waals surface area contributed by atoms with E-state index in [1.807, 2.05) is 18.2 Å². The molecule has 1 aliphatic heterocycles. The van der Waals surface area contributed by atoms with Crippen LogP contribution in [0.2, 0.25) is 0 Å². The van der Waals surface area contributed by atoms with E-state index in [1.54, 1.807) is 4.57 Å². The molecule has 1 unspecified atom stereocenters. The van der Waals surface area contributed by atoms with Crippen LogP contribution in [-0.2, 0) is 11.3 Å². The van der Waals surface area contributed by atoms with E-state index in [-0.39, 0.29) is 34.4 Å². The Balaban J connectivity index is 2.23. The summed E-state index contributed by atoms with van der Waals surface area (Å²) in [7, 11) is 0. The third-order valence-electron chi connectivity index (χ3n) is 3.65. The van der Waals surface area contributed by atoms with Gasteiger partial charge < -0.3 is 15.0 Å². The number of hydrogen-bond acceptors (Lipinski definition) is 7. The van der Waals surface area contributed by atoms with E-state index < -0.39 is 0 Å². The molecule has 0 saturated carbocycles. The van der Waals surface area contributed by atoms with Crippen LogP contribution in [0.4, 0.5) is 5.82 Å². The maximum absolute atomic E-state index is 9.29. The number of aromatic nitrogens is 3. The van der Waals surface area contributed by atoms with E-state index in [0.29, 0.717) is 18.8 Å². The Bertz CT molecular complexity index is 872. The van der Waals surface area contributed by atoms with Crippen LogP contribution in [0.5, 0.6) is 0 Å². The van der Waals surface area contributed by atoms with Crippen molar-refractivity contribution in [3.63, 3.8) is 0 Å². The lowest BCUT2D eigenvalue weighted by molar-refractivity contribution is 0.0983. The van der Waals surface area contributed by atoms with E-state index in [2.05, 4.69) is 9.97 Å². The van der Waals surface area contributed by atoms with E-state index in [4.69, 9.17) is 21.0 Å². The maximum Gasteiger partial charge on any atom is 0.179 e. The van der Waals surface area contributed by atoms with Gasteiger partial charge in [0.05, 0.1) is 12.6 Å². The van der Waals surface area contributed by atoms with Gasteiger partial charge in [-0.05, 0) is 12.8 Å². The van der Waals surface area contributed by atoms with Crippen LogP contribution in [0.15, 0.2) is 0 Å². The molecule has 8 heteroatoms. The van der Waals surface area contributed by atoms with Crippen molar-refractivity contribution in [1.29, 1.82) is 15.8 Å². The predicted molar refractivity (Wildman–Crippen MR) is 75.1 cm³/mol. The Labute approximate surface area is 126 Å². The van der Waals surface area contributed by atoms with Gasteiger partial charge in [-0.3, -0.25) is 0 Å². The van der Waals surface area contributed by atoms with Crippen molar-refractivity contribution in [2.45, 2.75) is 25.5 Å². The Kier molecular flexibility index (Phi) is 3.34. The van der Waals surface area contributed by atoms with Gasteiger partial charge in [0.2, 0.25) is 0 Å². The molecule has 1 aliphatic rings. The monoisotopic (exact) mass is 293 g/mol. The molecule has 0 spiro atoms. The van der Waals surface area contributed by atoms with Gasteiger partial charge in [-0.1, -0.05) is 0 Å². The second kappa shape index (κ2) is 5.33. The molecule has 0 amide bonds. The normalized spacial score (nSPS) is 17.0. The molecular formula is C14H11N7O. The average Bonchev–Trinajstić information content (AvgIpc) is 3.13. The molecule has 3 heterocycles. The van der Waals surface area contributed by atoms with E-state index in [0.717, 1.165) is 12.8 Å². The van der Waals surface area contributed by atoms with Crippen LogP contribution in [0.1, 0.15) is 29.8 Å². The van der Waals surface area contributed by atoms with Crippen molar-refractivity contribution < 1.29 is 4.74 Å². The topological polar surface area (TPSA) is 137 Å². The van der Waals surface area contributed by atoms with Crippen molar-refractivity contribution in [1.82, 2.24) is 14.5 Å². The first-order valence-electron chi connectivity index (χ1n) is 6.71. The number of rotatable bonds is 2. The largest absolute Gasteiger partial charge is 0.384 e. The molecule has 0 radical (unpaired) electrons. The third-order valence-corrected chi connectivity index (χ3v) is 3.65. The minimum Gasteiger partial charge on any atom is -0.384 e. The molecule has 8 nitrogen and oxygen atoms in total. The fraction of sp³-hybridized carbons (Fsp3) is 0.357. The molecule has 108 valence electrons. The molecule has 2 aromatic rings. The number of anilines is 1. The standard InChI is InChI=1S/C14H11N7O/c15-4-9-12-14(20-11(6-17)10(5-16)19-12)21(13(9)18)7-8-2-1-3-22-8/h8H,1-3,7,18H2. The van der Waals surface area contributed by atoms with Gasteiger partial charge in [0.25, 0.3) is 0 Å². The summed E-state index contributed by atoms with van der Waals surface area (Å²) in [6.45, 7) is 1.14. The number of nitriles is 3. The molecule has 0 aliphatic carbocycles. The predicted octanol–water partition coefficient (Wildman–Crippen LogP) is 0.808. The number of nitrogens with two attached hydrogens (primary N) is 1. The van der Waals surface area contributed by atoms with Crippen LogP contribution >= 0.6 is 0 Å². The number of nitrogen functional groups attached to an aromatic ring is 1. The summed E-state index contributed by atoms with van der Waals surface area (Å²) < 4.78 is 7.22. The summed E-state index contributed by atoms with van der Waals surface area (Å²) in [4.78, 5) is 8.25. The van der Waals surface area contributed by atoms with Crippen LogP contribution < -0.4 is 5.73 Å². The van der Waals surface area contributed by atoms with Gasteiger partial charge >= 0.3 is 0 Å². The molecule has 3 rings (SSSR count). The summed E-state index contributed by atoms with van der Waals surface area (Å²) in [6, 6.07) is 5.64. The Morgan fingerprint density at radius 3 is 2.50 bits per heavy atom. The molecule has 0 aromatic carbocycles. The second-order valence-corrected chi connectivity index (χ2v) is 4.93. The smallest absolute Gasteiger partial charge is 0.179 e. The number of fused-ring (bicyclic) bond motifs is 1. The molecule has 0 bridgehead atoms. The second-order valence-electron chi connectivity index (χ2n) is 4.93. The summed E-state index contributed by atoms with van der Waals surface area (Å²) in [5, 5.41) is 27.4. The van der Waals surface area contributed by atoms with Crippen molar-refractivity contribution in [2.75, 3.05) is 12.3 Å². The Morgan fingerprint density at radius 2 is 1.91 bits per heavy atom. The Morgan fingerprint density at radius 1 is 1.18 bits per heavy atom. The summed E-state index contributed by atoms with van der Waals surface area (Å²) in [5.41, 5.74) is 6.58. The first-order chi connectivity index (χ1) is 10.7. The average molecular weight is 293 g/mol. The van der Waals surface area contributed by atoms with Gasteiger partial charge in [0, 0.05) is 6.61 Å². The summed E-state index contributed by atoms with van der Waals surface area (Å²) in [5.74, 6) is 0.229. The molecular weight excluding hydrogens is 282 g/mol. The van der Waals surface area contributed by atoms with Gasteiger partial charge in [-0.2, -0.15) is 15.8 Å². The van der Waals surface area contributed by atoms with E-state index in [9.17, 15) is 5.26 Å². The first kappa shape index (κ1) is 13.8. The SMILES string of the molecule is N#Cc1nc2c(C#N)c(N)n(CC3CCCO3)c2nc1C#N. The molecule has 2 N–H and O–H groups in total. The van der Waals surface area contributed by atoms with Crippen LogP contribution in [-0.4, -0.2) is 27.2 Å². The zero-order valence-electron chi connectivity index (χ0n) is 11.6. The van der Waals surface area contributed by atoms with Crippen LogP contribution in [0.25, 0.3) is 11.2 Å². The highest BCUT2D eigenvalue weighted by atomic mass is 16.5. The molecule has 2 aromatic heterocycles. The highest BCUT2D eigenvalue weighted by Crippen LogP contribution is 2.27. The van der Waals surface area contributed by atoms with Gasteiger partial charge in [0.15, 0.2) is 17.0 Å². The maximum atomic E-state index is 9.29. The highest BCUT2D eigenvalue weighted by Gasteiger charge is 2.24. The van der Waals surface area contributed by atoms with E-state index >= 15 is 0 Å². The zero-order chi connectivity index (χ0) is 15.7. The summed E-state index contributed by atoms with van der Waals surface area (Å²) in [6.07, 6.45) is 1.87. The molecule has 22 heavy (non-hydrogen) atoms. The third kappa shape index (κ3) is 2.01. The van der Waals surface area contributed by atoms with E-state index in [1.165, 1.54) is 0 Å². The van der Waals surface area contributed by atoms with Gasteiger partial charge in [-0.15, -0.1) is 0 Å². The quantitative estimate of drug-likeness (QED) is 0.864. The lowest BCUT2D eigenvalue weighted by Crippen LogP contribution is -2.17. The van der Waals surface area contributed by atoms with Crippen molar-refractivity contribution in [3.05, 3.63) is 17.0 Å². The van der Waals surface area contributed by atoms with Gasteiger partial charge in [0.1, 0.15) is 35.1 Å².